The number of nitrogens with one attached hydrogen (secondary N) is 1. The molecule has 0 saturated carbocycles. The van der Waals surface area contributed by atoms with E-state index in [1.54, 1.807) is 6.20 Å². The number of anilines is 1. The molecule has 0 aliphatic carbocycles. The van der Waals surface area contributed by atoms with E-state index in [1.807, 2.05) is 55.8 Å². The minimum absolute atomic E-state index is 0.0133. The Morgan fingerprint density at radius 1 is 1.25 bits per heavy atom. The van der Waals surface area contributed by atoms with Crippen LogP contribution in [0.2, 0.25) is 0 Å². The van der Waals surface area contributed by atoms with Crippen LogP contribution < -0.4 is 5.32 Å². The normalized spacial score (nSPS) is 19.2. The first kappa shape index (κ1) is 18.7. The number of piperidine rings is 1. The third kappa shape index (κ3) is 3.67. The summed E-state index contributed by atoms with van der Waals surface area (Å²) >= 11 is 0. The average Bonchev–Trinajstić information content (AvgIpc) is 3.34. The lowest BCUT2D eigenvalue weighted by Gasteiger charge is -2.34. The second-order valence-electron chi connectivity index (χ2n) is 7.77. The van der Waals surface area contributed by atoms with Gasteiger partial charge in [-0.15, -0.1) is 0 Å². The van der Waals surface area contributed by atoms with Crippen LogP contribution >= 0.6 is 0 Å². The lowest BCUT2D eigenvalue weighted by molar-refractivity contribution is -0.121. The van der Waals surface area contributed by atoms with E-state index < -0.39 is 0 Å². The first-order valence-electron chi connectivity index (χ1n) is 9.97. The Balaban J connectivity index is 1.44. The number of amides is 1. The maximum atomic E-state index is 12.8. The fraction of sp³-hybridized carbons (Fsp3) is 0.476. The van der Waals surface area contributed by atoms with Gasteiger partial charge in [-0.1, -0.05) is 12.1 Å². The summed E-state index contributed by atoms with van der Waals surface area (Å²) in [5, 5.41) is 7.31. The number of carbonyl (C=O) groups is 1. The number of benzene rings is 1. The molecule has 3 aromatic rings. The quantitative estimate of drug-likeness (QED) is 0.727. The molecular formula is C21H27N5O2. The molecule has 7 nitrogen and oxygen atoms in total. The second kappa shape index (κ2) is 7.75. The van der Waals surface area contributed by atoms with Gasteiger partial charge in [0, 0.05) is 24.6 Å². The Morgan fingerprint density at radius 2 is 2.07 bits per heavy atom. The van der Waals surface area contributed by atoms with Gasteiger partial charge in [-0.2, -0.15) is 5.10 Å². The number of oxazole rings is 1. The van der Waals surface area contributed by atoms with Crippen LogP contribution in [0.4, 0.5) is 5.82 Å². The number of nitrogens with zero attached hydrogens (tertiary/aromatic N) is 4. The molecular weight excluding hydrogens is 354 g/mol. The van der Waals surface area contributed by atoms with Gasteiger partial charge in [-0.3, -0.25) is 9.69 Å². The standard InChI is InChI=1S/C21H27N5O2/c1-14(2)26-19(10-11-22-26)24-20(27)15(3)25-12-6-7-16(13-25)21-23-17-8-4-5-9-18(17)28-21/h4-5,8-11,14-16H,6-7,12-13H2,1-3H3,(H,24,27). The van der Waals surface area contributed by atoms with Gasteiger partial charge in [0.1, 0.15) is 11.3 Å². The van der Waals surface area contributed by atoms with E-state index in [2.05, 4.69) is 20.3 Å². The lowest BCUT2D eigenvalue weighted by Crippen LogP contribution is -2.46. The average molecular weight is 381 g/mol. The smallest absolute Gasteiger partial charge is 0.242 e. The first-order valence-corrected chi connectivity index (χ1v) is 9.97. The van der Waals surface area contributed by atoms with Gasteiger partial charge in [-0.05, 0) is 52.3 Å². The second-order valence-corrected chi connectivity index (χ2v) is 7.77. The molecule has 1 aromatic carbocycles. The summed E-state index contributed by atoms with van der Waals surface area (Å²) in [6.07, 6.45) is 3.76. The number of rotatable bonds is 5. The van der Waals surface area contributed by atoms with E-state index in [-0.39, 0.29) is 23.9 Å². The Kier molecular flexibility index (Phi) is 5.17. The summed E-state index contributed by atoms with van der Waals surface area (Å²) in [6.45, 7) is 7.71. The highest BCUT2D eigenvalue weighted by atomic mass is 16.3. The number of likely N-dealkylation sites (tertiary alicyclic amines) is 1. The van der Waals surface area contributed by atoms with Crippen molar-refractivity contribution in [2.24, 2.45) is 0 Å². The zero-order valence-corrected chi connectivity index (χ0v) is 16.6. The molecule has 1 amide bonds. The topological polar surface area (TPSA) is 76.2 Å². The molecule has 2 atom stereocenters. The maximum absolute atomic E-state index is 12.8. The van der Waals surface area contributed by atoms with Crippen LogP contribution in [0, 0.1) is 0 Å². The van der Waals surface area contributed by atoms with Crippen LogP contribution in [0.5, 0.6) is 0 Å². The third-order valence-electron chi connectivity index (χ3n) is 5.45. The summed E-state index contributed by atoms with van der Waals surface area (Å²) < 4.78 is 7.79. The highest BCUT2D eigenvalue weighted by Gasteiger charge is 2.31. The van der Waals surface area contributed by atoms with Gasteiger partial charge in [0.05, 0.1) is 12.2 Å². The van der Waals surface area contributed by atoms with E-state index in [4.69, 9.17) is 4.42 Å². The van der Waals surface area contributed by atoms with Crippen LogP contribution in [0.1, 0.15) is 51.5 Å². The molecule has 1 aliphatic rings. The van der Waals surface area contributed by atoms with E-state index in [9.17, 15) is 4.79 Å². The predicted octanol–water partition coefficient (Wildman–Crippen LogP) is 3.81. The first-order chi connectivity index (χ1) is 13.5. The van der Waals surface area contributed by atoms with Crippen LogP contribution in [-0.2, 0) is 4.79 Å². The van der Waals surface area contributed by atoms with Gasteiger partial charge in [0.25, 0.3) is 0 Å². The Morgan fingerprint density at radius 3 is 2.86 bits per heavy atom. The fourth-order valence-corrected chi connectivity index (χ4v) is 3.85. The summed E-state index contributed by atoms with van der Waals surface area (Å²) in [4.78, 5) is 19.7. The van der Waals surface area contributed by atoms with Gasteiger partial charge >= 0.3 is 0 Å². The molecule has 2 unspecified atom stereocenters. The SMILES string of the molecule is CC(C(=O)Nc1ccnn1C(C)C)N1CCCC(c2nc3ccccc3o2)C1. The molecule has 3 heterocycles. The van der Waals surface area contributed by atoms with Gasteiger partial charge in [0.15, 0.2) is 11.5 Å². The van der Waals surface area contributed by atoms with Crippen molar-refractivity contribution in [2.75, 3.05) is 18.4 Å². The van der Waals surface area contributed by atoms with Crippen molar-refractivity contribution in [1.29, 1.82) is 0 Å². The van der Waals surface area contributed by atoms with E-state index in [0.29, 0.717) is 0 Å². The molecule has 148 valence electrons. The van der Waals surface area contributed by atoms with Crippen molar-refractivity contribution in [3.05, 3.63) is 42.4 Å². The predicted molar refractivity (Wildman–Crippen MR) is 108 cm³/mol. The molecule has 0 spiro atoms. The zero-order chi connectivity index (χ0) is 19.7. The number of aromatic nitrogens is 3. The van der Waals surface area contributed by atoms with Crippen molar-refractivity contribution >= 4 is 22.8 Å². The van der Waals surface area contributed by atoms with Crippen molar-refractivity contribution in [1.82, 2.24) is 19.7 Å². The highest BCUT2D eigenvalue weighted by Crippen LogP contribution is 2.30. The third-order valence-corrected chi connectivity index (χ3v) is 5.45. The molecule has 2 aromatic heterocycles. The van der Waals surface area contributed by atoms with Crippen molar-refractivity contribution < 1.29 is 9.21 Å². The number of fused-ring (bicyclic) bond motifs is 1. The van der Waals surface area contributed by atoms with Crippen LogP contribution in [0.3, 0.4) is 0 Å². The van der Waals surface area contributed by atoms with Gasteiger partial charge < -0.3 is 9.73 Å². The van der Waals surface area contributed by atoms with E-state index in [1.165, 1.54) is 0 Å². The van der Waals surface area contributed by atoms with E-state index >= 15 is 0 Å². The van der Waals surface area contributed by atoms with Crippen LogP contribution in [0.15, 0.2) is 40.9 Å². The number of hydrogen-bond donors (Lipinski definition) is 1. The van der Waals surface area contributed by atoms with Crippen LogP contribution in [-0.4, -0.2) is 44.7 Å². The Bertz CT molecular complexity index is 928. The van der Waals surface area contributed by atoms with Crippen molar-refractivity contribution in [3.8, 4) is 0 Å². The minimum Gasteiger partial charge on any atom is -0.440 e. The monoisotopic (exact) mass is 381 g/mol. The molecule has 1 fully saturated rings. The number of para-hydroxylation sites is 2. The Hall–Kier alpha value is -2.67. The van der Waals surface area contributed by atoms with E-state index in [0.717, 1.165) is 48.7 Å². The zero-order valence-electron chi connectivity index (χ0n) is 16.6. The maximum Gasteiger partial charge on any atom is 0.242 e. The lowest BCUT2D eigenvalue weighted by atomic mass is 9.96. The number of carbonyl (C=O) groups excluding carboxylic acids is 1. The number of hydrogen-bond acceptors (Lipinski definition) is 5. The molecule has 28 heavy (non-hydrogen) atoms. The molecule has 0 bridgehead atoms. The molecule has 1 saturated heterocycles. The summed E-state index contributed by atoms with van der Waals surface area (Å²) in [6, 6.07) is 9.63. The fourth-order valence-electron chi connectivity index (χ4n) is 3.85. The van der Waals surface area contributed by atoms with Crippen molar-refractivity contribution in [2.45, 2.75) is 51.6 Å². The van der Waals surface area contributed by atoms with Crippen molar-refractivity contribution in [3.63, 3.8) is 0 Å². The molecule has 0 radical (unpaired) electrons. The van der Waals surface area contributed by atoms with Crippen LogP contribution in [0.25, 0.3) is 11.1 Å². The van der Waals surface area contributed by atoms with Gasteiger partial charge in [-0.25, -0.2) is 9.67 Å². The summed E-state index contributed by atoms with van der Waals surface area (Å²) in [5.74, 6) is 1.70. The Labute approximate surface area is 164 Å². The summed E-state index contributed by atoms with van der Waals surface area (Å²) in [7, 11) is 0. The molecule has 7 heteroatoms. The largest absolute Gasteiger partial charge is 0.440 e. The molecule has 1 aliphatic heterocycles. The molecule has 4 rings (SSSR count). The van der Waals surface area contributed by atoms with Gasteiger partial charge in [0.2, 0.25) is 5.91 Å². The summed E-state index contributed by atoms with van der Waals surface area (Å²) in [5.41, 5.74) is 1.71. The molecule has 1 N–H and O–H groups in total. The minimum atomic E-state index is -0.234. The highest BCUT2D eigenvalue weighted by molar-refractivity contribution is 5.93.